The first-order chi connectivity index (χ1) is 12.2. The zero-order chi connectivity index (χ0) is 17.5. The lowest BCUT2D eigenvalue weighted by atomic mass is 10.2. The Morgan fingerprint density at radius 3 is 2.96 bits per heavy atom. The molecule has 0 radical (unpaired) electrons. The van der Waals surface area contributed by atoms with Gasteiger partial charge in [-0.1, -0.05) is 30.3 Å². The van der Waals surface area contributed by atoms with Crippen molar-refractivity contribution in [2.24, 2.45) is 5.73 Å². The van der Waals surface area contributed by atoms with E-state index in [-0.39, 0.29) is 11.8 Å². The van der Waals surface area contributed by atoms with Crippen LogP contribution in [0.15, 0.2) is 48.7 Å². The molecule has 0 saturated carbocycles. The van der Waals surface area contributed by atoms with Gasteiger partial charge in [0.2, 0.25) is 0 Å². The SMILES string of the molecule is NC(=O)c1cc(NC[C@@H]2CN(Cc3ccccc3)CCCO2)ccn1. The molecule has 0 bridgehead atoms. The van der Waals surface area contributed by atoms with Gasteiger partial charge < -0.3 is 15.8 Å². The van der Waals surface area contributed by atoms with Gasteiger partial charge in [-0.05, 0) is 24.1 Å². The number of hydrogen-bond acceptors (Lipinski definition) is 5. The Balaban J connectivity index is 1.56. The Kier molecular flexibility index (Phi) is 5.98. The predicted molar refractivity (Wildman–Crippen MR) is 97.3 cm³/mol. The van der Waals surface area contributed by atoms with E-state index in [0.717, 1.165) is 38.3 Å². The highest BCUT2D eigenvalue weighted by Crippen LogP contribution is 2.13. The zero-order valence-corrected chi connectivity index (χ0v) is 14.2. The number of nitrogens with two attached hydrogens (primary N) is 1. The third-order valence-electron chi connectivity index (χ3n) is 4.23. The van der Waals surface area contributed by atoms with Gasteiger partial charge in [0.25, 0.3) is 5.91 Å². The Morgan fingerprint density at radius 1 is 1.32 bits per heavy atom. The lowest BCUT2D eigenvalue weighted by Gasteiger charge is -2.24. The van der Waals surface area contributed by atoms with E-state index in [4.69, 9.17) is 10.5 Å². The van der Waals surface area contributed by atoms with Gasteiger partial charge in [0.15, 0.2) is 0 Å². The maximum absolute atomic E-state index is 11.2. The minimum absolute atomic E-state index is 0.0939. The van der Waals surface area contributed by atoms with Crippen LogP contribution in [0.5, 0.6) is 0 Å². The standard InChI is InChI=1S/C19H24N4O2/c20-19(24)18-11-16(7-8-21-18)22-12-17-14-23(9-4-10-25-17)13-15-5-2-1-3-6-15/h1-3,5-8,11,17H,4,9-10,12-14H2,(H2,20,24)(H,21,22)/t17-/m1/s1. The Hall–Kier alpha value is -2.44. The summed E-state index contributed by atoms with van der Waals surface area (Å²) < 4.78 is 5.96. The molecular formula is C19H24N4O2. The van der Waals surface area contributed by atoms with Gasteiger partial charge in [0.05, 0.1) is 6.10 Å². The van der Waals surface area contributed by atoms with Gasteiger partial charge in [-0.2, -0.15) is 0 Å². The fourth-order valence-corrected chi connectivity index (χ4v) is 2.99. The molecule has 1 aliphatic heterocycles. The molecule has 3 rings (SSSR count). The molecule has 6 heteroatoms. The number of benzene rings is 1. The van der Waals surface area contributed by atoms with E-state index in [9.17, 15) is 4.79 Å². The highest BCUT2D eigenvalue weighted by atomic mass is 16.5. The monoisotopic (exact) mass is 340 g/mol. The lowest BCUT2D eigenvalue weighted by molar-refractivity contribution is 0.0625. The second-order valence-corrected chi connectivity index (χ2v) is 6.24. The van der Waals surface area contributed by atoms with Crippen molar-refractivity contribution in [3.63, 3.8) is 0 Å². The number of anilines is 1. The van der Waals surface area contributed by atoms with Crippen molar-refractivity contribution in [1.29, 1.82) is 0 Å². The number of carbonyl (C=O) groups is 1. The predicted octanol–water partition coefficient (Wildman–Crippen LogP) is 1.88. The van der Waals surface area contributed by atoms with Gasteiger partial charge >= 0.3 is 0 Å². The van der Waals surface area contributed by atoms with Crippen LogP contribution in [0.4, 0.5) is 5.69 Å². The third kappa shape index (κ3) is 5.27. The number of primary amides is 1. The van der Waals surface area contributed by atoms with Crippen LogP contribution in [-0.2, 0) is 11.3 Å². The van der Waals surface area contributed by atoms with Crippen molar-refractivity contribution in [1.82, 2.24) is 9.88 Å². The Bertz CT molecular complexity index is 693. The van der Waals surface area contributed by atoms with E-state index in [0.29, 0.717) is 6.54 Å². The molecule has 1 aromatic heterocycles. The normalized spacial score (nSPS) is 18.5. The van der Waals surface area contributed by atoms with E-state index in [1.165, 1.54) is 5.56 Å². The van der Waals surface area contributed by atoms with Crippen molar-refractivity contribution in [2.45, 2.75) is 19.1 Å². The largest absolute Gasteiger partial charge is 0.382 e. The number of hydrogen-bond donors (Lipinski definition) is 2. The minimum atomic E-state index is -0.525. The second-order valence-electron chi connectivity index (χ2n) is 6.24. The van der Waals surface area contributed by atoms with E-state index in [1.54, 1.807) is 12.3 Å². The molecule has 0 spiro atoms. The fraction of sp³-hybridized carbons (Fsp3) is 0.368. The molecule has 0 unspecified atom stereocenters. The molecule has 6 nitrogen and oxygen atoms in total. The van der Waals surface area contributed by atoms with Crippen LogP contribution < -0.4 is 11.1 Å². The summed E-state index contributed by atoms with van der Waals surface area (Å²) in [6, 6.07) is 14.0. The number of pyridine rings is 1. The second kappa shape index (κ2) is 8.60. The maximum atomic E-state index is 11.2. The van der Waals surface area contributed by atoms with Crippen LogP contribution in [0, 0.1) is 0 Å². The molecule has 1 aromatic carbocycles. The number of amides is 1. The van der Waals surface area contributed by atoms with Crippen molar-refractivity contribution in [2.75, 3.05) is 31.6 Å². The summed E-state index contributed by atoms with van der Waals surface area (Å²) in [7, 11) is 0. The quantitative estimate of drug-likeness (QED) is 0.839. The molecule has 1 amide bonds. The molecule has 1 atom stereocenters. The molecule has 2 heterocycles. The van der Waals surface area contributed by atoms with Crippen molar-refractivity contribution < 1.29 is 9.53 Å². The molecule has 3 N–H and O–H groups in total. The van der Waals surface area contributed by atoms with Gasteiger partial charge in [0, 0.05) is 44.7 Å². The van der Waals surface area contributed by atoms with E-state index in [2.05, 4.69) is 39.5 Å². The molecular weight excluding hydrogens is 316 g/mol. The highest BCUT2D eigenvalue weighted by Gasteiger charge is 2.19. The molecule has 1 saturated heterocycles. The van der Waals surface area contributed by atoms with Crippen molar-refractivity contribution >= 4 is 11.6 Å². The van der Waals surface area contributed by atoms with Gasteiger partial charge in [-0.15, -0.1) is 0 Å². The van der Waals surface area contributed by atoms with Crippen LogP contribution in [-0.4, -0.2) is 48.1 Å². The van der Waals surface area contributed by atoms with E-state index < -0.39 is 5.91 Å². The molecule has 0 aliphatic carbocycles. The van der Waals surface area contributed by atoms with E-state index in [1.807, 2.05) is 12.1 Å². The molecule has 132 valence electrons. The van der Waals surface area contributed by atoms with Gasteiger partial charge in [-0.3, -0.25) is 14.7 Å². The average molecular weight is 340 g/mol. The summed E-state index contributed by atoms with van der Waals surface area (Å²) in [5.74, 6) is -0.525. The number of ether oxygens (including phenoxy) is 1. The minimum Gasteiger partial charge on any atom is -0.382 e. The lowest BCUT2D eigenvalue weighted by Crippen LogP contribution is -2.35. The van der Waals surface area contributed by atoms with Crippen LogP contribution in [0.3, 0.4) is 0 Å². The summed E-state index contributed by atoms with van der Waals surface area (Å²) in [5.41, 5.74) is 7.68. The maximum Gasteiger partial charge on any atom is 0.267 e. The summed E-state index contributed by atoms with van der Waals surface area (Å²) in [4.78, 5) is 17.6. The average Bonchev–Trinajstić information content (AvgIpc) is 2.86. The first kappa shape index (κ1) is 17.4. The summed E-state index contributed by atoms with van der Waals surface area (Å²) in [6.07, 6.45) is 2.71. The summed E-state index contributed by atoms with van der Waals surface area (Å²) in [6.45, 7) is 4.28. The number of nitrogens with one attached hydrogen (secondary N) is 1. The Morgan fingerprint density at radius 2 is 2.16 bits per heavy atom. The number of rotatable bonds is 6. The van der Waals surface area contributed by atoms with Crippen LogP contribution >= 0.6 is 0 Å². The molecule has 25 heavy (non-hydrogen) atoms. The first-order valence-corrected chi connectivity index (χ1v) is 8.58. The van der Waals surface area contributed by atoms with Crippen LogP contribution in [0.1, 0.15) is 22.5 Å². The number of nitrogens with zero attached hydrogens (tertiary/aromatic N) is 2. The Labute approximate surface area is 148 Å². The molecule has 1 aliphatic rings. The third-order valence-corrected chi connectivity index (χ3v) is 4.23. The van der Waals surface area contributed by atoms with Gasteiger partial charge in [-0.25, -0.2) is 0 Å². The van der Waals surface area contributed by atoms with Gasteiger partial charge in [0.1, 0.15) is 5.69 Å². The fourth-order valence-electron chi connectivity index (χ4n) is 2.99. The number of aromatic nitrogens is 1. The highest BCUT2D eigenvalue weighted by molar-refractivity contribution is 5.91. The summed E-state index contributed by atoms with van der Waals surface area (Å²) >= 11 is 0. The molecule has 2 aromatic rings. The van der Waals surface area contributed by atoms with Crippen LogP contribution in [0.2, 0.25) is 0 Å². The smallest absolute Gasteiger partial charge is 0.267 e. The first-order valence-electron chi connectivity index (χ1n) is 8.58. The topological polar surface area (TPSA) is 80.5 Å². The zero-order valence-electron chi connectivity index (χ0n) is 14.2. The number of carbonyl (C=O) groups excluding carboxylic acids is 1. The molecule has 1 fully saturated rings. The van der Waals surface area contributed by atoms with Crippen molar-refractivity contribution in [3.8, 4) is 0 Å². The van der Waals surface area contributed by atoms with E-state index >= 15 is 0 Å². The van der Waals surface area contributed by atoms with Crippen molar-refractivity contribution in [3.05, 3.63) is 59.9 Å². The summed E-state index contributed by atoms with van der Waals surface area (Å²) in [5, 5.41) is 3.32. The van der Waals surface area contributed by atoms with Crippen LogP contribution in [0.25, 0.3) is 0 Å².